The Morgan fingerprint density at radius 1 is 1.37 bits per heavy atom. The second-order valence-electron chi connectivity index (χ2n) is 4.69. The summed E-state index contributed by atoms with van der Waals surface area (Å²) in [6.07, 6.45) is 1.64. The minimum atomic E-state index is -3.27. The molecule has 1 N–H and O–H groups in total. The van der Waals surface area contributed by atoms with Gasteiger partial charge in [-0.15, -0.1) is 0 Å². The van der Waals surface area contributed by atoms with Gasteiger partial charge in [-0.25, -0.2) is 13.1 Å². The van der Waals surface area contributed by atoms with Gasteiger partial charge in [-0.3, -0.25) is 0 Å². The molecule has 0 bridgehead atoms. The van der Waals surface area contributed by atoms with Gasteiger partial charge in [-0.2, -0.15) is 0 Å². The Hall–Kier alpha value is -0.430. The minimum Gasteiger partial charge on any atom is -0.377 e. The molecule has 1 aliphatic heterocycles. The molecule has 6 heteroatoms. The van der Waals surface area contributed by atoms with Crippen molar-refractivity contribution in [2.75, 3.05) is 12.4 Å². The third-order valence-electron chi connectivity index (χ3n) is 3.07. The zero-order valence-electron chi connectivity index (χ0n) is 10.6. The maximum atomic E-state index is 11.9. The van der Waals surface area contributed by atoms with Crippen LogP contribution in [0.1, 0.15) is 24.0 Å². The summed E-state index contributed by atoms with van der Waals surface area (Å²) in [4.78, 5) is 0. The summed E-state index contributed by atoms with van der Waals surface area (Å²) in [5, 5.41) is 0.767. The lowest BCUT2D eigenvalue weighted by atomic mass is 10.1. The van der Waals surface area contributed by atoms with E-state index in [0.29, 0.717) is 13.2 Å². The van der Waals surface area contributed by atoms with E-state index in [1.807, 2.05) is 24.3 Å². The molecular formula is C13H18BrNO3S. The summed E-state index contributed by atoms with van der Waals surface area (Å²) >= 11 is 3.39. The monoisotopic (exact) mass is 347 g/mol. The van der Waals surface area contributed by atoms with Gasteiger partial charge in [0.15, 0.2) is 0 Å². The minimum absolute atomic E-state index is 0.0606. The molecule has 1 fully saturated rings. The standard InChI is InChI=1S/C13H18BrNO3S/c14-8-11-3-1-4-12(7-11)9-15-19(16,17)10-13-5-2-6-18-13/h1,3-4,7,13,15H,2,5-6,8-10H2. The van der Waals surface area contributed by atoms with Crippen molar-refractivity contribution in [2.24, 2.45) is 0 Å². The molecule has 0 radical (unpaired) electrons. The maximum Gasteiger partial charge on any atom is 0.214 e. The van der Waals surface area contributed by atoms with E-state index in [4.69, 9.17) is 4.74 Å². The molecule has 1 aromatic rings. The van der Waals surface area contributed by atoms with Gasteiger partial charge in [0, 0.05) is 18.5 Å². The highest BCUT2D eigenvalue weighted by atomic mass is 79.9. The van der Waals surface area contributed by atoms with Crippen molar-refractivity contribution in [1.29, 1.82) is 0 Å². The normalized spacial score (nSPS) is 19.7. The highest BCUT2D eigenvalue weighted by Crippen LogP contribution is 2.14. The predicted molar refractivity (Wildman–Crippen MR) is 78.7 cm³/mol. The Morgan fingerprint density at radius 3 is 2.84 bits per heavy atom. The lowest BCUT2D eigenvalue weighted by Gasteiger charge is -2.11. The first-order chi connectivity index (χ1) is 9.09. The molecule has 0 spiro atoms. The zero-order chi connectivity index (χ0) is 13.7. The van der Waals surface area contributed by atoms with Crippen LogP contribution < -0.4 is 4.72 Å². The highest BCUT2D eigenvalue weighted by Gasteiger charge is 2.22. The van der Waals surface area contributed by atoms with Crippen molar-refractivity contribution in [2.45, 2.75) is 30.8 Å². The fourth-order valence-electron chi connectivity index (χ4n) is 2.10. The van der Waals surface area contributed by atoms with Crippen LogP contribution in [-0.2, 0) is 26.6 Å². The number of sulfonamides is 1. The lowest BCUT2D eigenvalue weighted by Crippen LogP contribution is -2.31. The van der Waals surface area contributed by atoms with E-state index in [9.17, 15) is 8.42 Å². The van der Waals surface area contributed by atoms with Gasteiger partial charge in [-0.1, -0.05) is 40.2 Å². The van der Waals surface area contributed by atoms with Crippen molar-refractivity contribution in [3.05, 3.63) is 35.4 Å². The first kappa shape index (κ1) is 15.0. The van der Waals surface area contributed by atoms with Crippen molar-refractivity contribution in [3.8, 4) is 0 Å². The Balaban J connectivity index is 1.89. The number of benzene rings is 1. The highest BCUT2D eigenvalue weighted by molar-refractivity contribution is 9.08. The van der Waals surface area contributed by atoms with Crippen molar-refractivity contribution < 1.29 is 13.2 Å². The fourth-order valence-corrected chi connectivity index (χ4v) is 3.70. The molecule has 1 saturated heterocycles. The van der Waals surface area contributed by atoms with Gasteiger partial charge < -0.3 is 4.74 Å². The second-order valence-corrected chi connectivity index (χ2v) is 7.10. The summed E-state index contributed by atoms with van der Waals surface area (Å²) in [6, 6.07) is 7.84. The molecular weight excluding hydrogens is 330 g/mol. The van der Waals surface area contributed by atoms with Crippen LogP contribution in [0.5, 0.6) is 0 Å². The summed E-state index contributed by atoms with van der Waals surface area (Å²) in [5.74, 6) is 0.0606. The van der Waals surface area contributed by atoms with Crippen molar-refractivity contribution in [3.63, 3.8) is 0 Å². The smallest absolute Gasteiger partial charge is 0.214 e. The molecule has 1 aromatic carbocycles. The summed E-state index contributed by atoms with van der Waals surface area (Å²) in [5.41, 5.74) is 2.10. The first-order valence-corrected chi connectivity index (χ1v) is 9.09. The Bertz CT molecular complexity index is 512. The van der Waals surface area contributed by atoms with Crippen LogP contribution in [0.25, 0.3) is 0 Å². The third kappa shape index (κ3) is 4.87. The quantitative estimate of drug-likeness (QED) is 0.802. The molecule has 0 saturated carbocycles. The largest absolute Gasteiger partial charge is 0.377 e. The molecule has 1 heterocycles. The second kappa shape index (κ2) is 6.83. The van der Waals surface area contributed by atoms with Gasteiger partial charge in [0.25, 0.3) is 0 Å². The van der Waals surface area contributed by atoms with E-state index in [1.54, 1.807) is 0 Å². The molecule has 0 aromatic heterocycles. The Kier molecular flexibility index (Phi) is 5.38. The van der Waals surface area contributed by atoms with Crippen LogP contribution in [0.3, 0.4) is 0 Å². The van der Waals surface area contributed by atoms with Crippen LogP contribution >= 0.6 is 15.9 Å². The van der Waals surface area contributed by atoms with Gasteiger partial charge in [0.1, 0.15) is 0 Å². The number of alkyl halides is 1. The van der Waals surface area contributed by atoms with Gasteiger partial charge >= 0.3 is 0 Å². The molecule has 0 aliphatic carbocycles. The zero-order valence-corrected chi connectivity index (χ0v) is 13.0. The molecule has 0 amide bonds. The third-order valence-corrected chi connectivity index (χ3v) is 5.11. The number of hydrogen-bond acceptors (Lipinski definition) is 3. The topological polar surface area (TPSA) is 55.4 Å². The van der Waals surface area contributed by atoms with Crippen LogP contribution in [-0.4, -0.2) is 26.9 Å². The molecule has 1 unspecified atom stereocenters. The van der Waals surface area contributed by atoms with Crippen LogP contribution in [0.2, 0.25) is 0 Å². The van der Waals surface area contributed by atoms with Gasteiger partial charge in [0.2, 0.25) is 10.0 Å². The van der Waals surface area contributed by atoms with Crippen LogP contribution in [0.4, 0.5) is 0 Å². The van der Waals surface area contributed by atoms with E-state index in [0.717, 1.165) is 29.3 Å². The first-order valence-electron chi connectivity index (χ1n) is 6.32. The molecule has 19 heavy (non-hydrogen) atoms. The van der Waals surface area contributed by atoms with E-state index >= 15 is 0 Å². The SMILES string of the molecule is O=S(=O)(CC1CCCO1)NCc1cccc(CBr)c1. The summed E-state index contributed by atoms with van der Waals surface area (Å²) < 4.78 is 31.8. The van der Waals surface area contributed by atoms with Crippen LogP contribution in [0, 0.1) is 0 Å². The lowest BCUT2D eigenvalue weighted by molar-refractivity contribution is 0.127. The van der Waals surface area contributed by atoms with Crippen molar-refractivity contribution in [1.82, 2.24) is 4.72 Å². The Morgan fingerprint density at radius 2 is 2.16 bits per heavy atom. The Labute approximate surface area is 122 Å². The van der Waals surface area contributed by atoms with Crippen molar-refractivity contribution >= 4 is 26.0 Å². The molecule has 106 valence electrons. The molecule has 4 nitrogen and oxygen atoms in total. The number of halogens is 1. The predicted octanol–water partition coefficient (Wildman–Crippen LogP) is 2.18. The van der Waals surface area contributed by atoms with E-state index in [-0.39, 0.29) is 11.9 Å². The molecule has 2 rings (SSSR count). The average Bonchev–Trinajstić information content (AvgIpc) is 2.89. The summed E-state index contributed by atoms with van der Waals surface area (Å²) in [7, 11) is -3.27. The van der Waals surface area contributed by atoms with Crippen LogP contribution in [0.15, 0.2) is 24.3 Å². The van der Waals surface area contributed by atoms with E-state index in [1.165, 1.54) is 0 Å². The maximum absolute atomic E-state index is 11.9. The number of hydrogen-bond donors (Lipinski definition) is 1. The summed E-state index contributed by atoms with van der Waals surface area (Å²) in [6.45, 7) is 1.00. The fraction of sp³-hybridized carbons (Fsp3) is 0.538. The molecule has 1 aliphatic rings. The number of ether oxygens (including phenoxy) is 1. The van der Waals surface area contributed by atoms with E-state index < -0.39 is 10.0 Å². The molecule has 1 atom stereocenters. The van der Waals surface area contributed by atoms with E-state index in [2.05, 4.69) is 20.7 Å². The number of nitrogens with one attached hydrogen (secondary N) is 1. The van der Waals surface area contributed by atoms with Gasteiger partial charge in [0.05, 0.1) is 11.9 Å². The number of rotatable bonds is 6. The van der Waals surface area contributed by atoms with Gasteiger partial charge in [-0.05, 0) is 24.0 Å². The average molecular weight is 348 g/mol.